The average Bonchev–Trinajstić information content (AvgIpc) is 3.26. The number of aromatic nitrogens is 4. The van der Waals surface area contributed by atoms with Gasteiger partial charge in [0.1, 0.15) is 6.61 Å². The molecule has 1 fully saturated rings. The van der Waals surface area contributed by atoms with E-state index in [1.54, 1.807) is 18.4 Å². The maximum atomic E-state index is 5.44. The molecule has 1 aromatic carbocycles. The van der Waals surface area contributed by atoms with E-state index in [0.29, 0.717) is 13.2 Å². The summed E-state index contributed by atoms with van der Waals surface area (Å²) in [6.45, 7) is 1.88. The van der Waals surface area contributed by atoms with Gasteiger partial charge in [-0.15, -0.1) is 5.10 Å². The number of nitrogens with zero attached hydrogens (tertiary/aromatic N) is 4. The average molecular weight is 316 g/mol. The van der Waals surface area contributed by atoms with Crippen molar-refractivity contribution in [3.05, 3.63) is 35.9 Å². The van der Waals surface area contributed by atoms with Crippen LogP contribution in [-0.4, -0.2) is 40.1 Å². The van der Waals surface area contributed by atoms with Crippen molar-refractivity contribution in [2.45, 2.75) is 18.9 Å². The molecule has 0 N–H and O–H groups in total. The Morgan fingerprint density at radius 3 is 3.05 bits per heavy atom. The van der Waals surface area contributed by atoms with E-state index in [1.807, 2.05) is 22.9 Å². The van der Waals surface area contributed by atoms with Crippen LogP contribution in [0.25, 0.3) is 15.3 Å². The van der Waals surface area contributed by atoms with Gasteiger partial charge in [0.05, 0.1) is 16.8 Å². The molecule has 0 amide bonds. The first-order chi connectivity index (χ1) is 10.8. The predicted octanol–water partition coefficient (Wildman–Crippen LogP) is 2.53. The third-order valence-electron chi connectivity index (χ3n) is 3.72. The van der Waals surface area contributed by atoms with E-state index in [9.17, 15) is 0 Å². The summed E-state index contributed by atoms with van der Waals surface area (Å²) in [5, 5.41) is 5.49. The van der Waals surface area contributed by atoms with Crippen molar-refractivity contribution in [2.75, 3.05) is 20.3 Å². The van der Waals surface area contributed by atoms with Crippen LogP contribution in [0, 0.1) is 0 Å². The number of thiazole rings is 1. The van der Waals surface area contributed by atoms with Crippen molar-refractivity contribution >= 4 is 21.6 Å². The molecular weight excluding hydrogens is 300 g/mol. The van der Waals surface area contributed by atoms with Gasteiger partial charge in [-0.25, -0.2) is 9.97 Å². The van der Waals surface area contributed by atoms with Gasteiger partial charge >= 0.3 is 0 Å². The van der Waals surface area contributed by atoms with Crippen molar-refractivity contribution in [1.82, 2.24) is 19.7 Å². The smallest absolute Gasteiger partial charge is 0.213 e. The normalized spacial score (nSPS) is 18.3. The molecule has 1 atom stereocenters. The third-order valence-corrected chi connectivity index (χ3v) is 4.73. The highest BCUT2D eigenvalue weighted by molar-refractivity contribution is 7.20. The van der Waals surface area contributed by atoms with E-state index < -0.39 is 0 Å². The zero-order chi connectivity index (χ0) is 14.9. The Labute approximate surface area is 131 Å². The molecule has 0 bridgehead atoms. The summed E-state index contributed by atoms with van der Waals surface area (Å²) in [6, 6.07) is 8.08. The summed E-state index contributed by atoms with van der Waals surface area (Å²) < 4.78 is 13.7. The lowest BCUT2D eigenvalue weighted by molar-refractivity contribution is 0.175. The van der Waals surface area contributed by atoms with Gasteiger partial charge in [-0.2, -0.15) is 4.68 Å². The molecule has 1 saturated heterocycles. The second-order valence-electron chi connectivity index (χ2n) is 5.26. The SMILES string of the molecule is COCc1nc(C2CCOC2)nn1-c1nc2ccccc2s1. The molecule has 114 valence electrons. The molecule has 0 saturated carbocycles. The van der Waals surface area contributed by atoms with Crippen LogP contribution >= 0.6 is 11.3 Å². The van der Waals surface area contributed by atoms with E-state index in [2.05, 4.69) is 21.1 Å². The number of methoxy groups -OCH3 is 1. The first-order valence-corrected chi connectivity index (χ1v) is 8.05. The van der Waals surface area contributed by atoms with Gasteiger partial charge < -0.3 is 9.47 Å². The number of hydrogen-bond acceptors (Lipinski definition) is 6. The Bertz CT molecular complexity index is 759. The van der Waals surface area contributed by atoms with E-state index >= 15 is 0 Å². The van der Waals surface area contributed by atoms with Crippen molar-refractivity contribution in [1.29, 1.82) is 0 Å². The van der Waals surface area contributed by atoms with E-state index in [4.69, 9.17) is 9.47 Å². The van der Waals surface area contributed by atoms with Crippen LogP contribution in [0.3, 0.4) is 0 Å². The van der Waals surface area contributed by atoms with Gasteiger partial charge in [-0.3, -0.25) is 0 Å². The lowest BCUT2D eigenvalue weighted by Gasteiger charge is -2.00. The fraction of sp³-hybridized carbons (Fsp3) is 0.400. The van der Waals surface area contributed by atoms with Crippen molar-refractivity contribution < 1.29 is 9.47 Å². The largest absolute Gasteiger partial charge is 0.381 e. The maximum absolute atomic E-state index is 5.44. The fourth-order valence-corrected chi connectivity index (χ4v) is 3.54. The van der Waals surface area contributed by atoms with Crippen LogP contribution in [0.1, 0.15) is 24.0 Å². The minimum absolute atomic E-state index is 0.270. The highest BCUT2D eigenvalue weighted by Gasteiger charge is 2.24. The van der Waals surface area contributed by atoms with Gasteiger partial charge in [0.2, 0.25) is 5.13 Å². The minimum atomic E-state index is 0.270. The molecule has 1 aliphatic heterocycles. The molecule has 0 spiro atoms. The Morgan fingerprint density at radius 1 is 1.36 bits per heavy atom. The van der Waals surface area contributed by atoms with Crippen LogP contribution in [-0.2, 0) is 16.1 Å². The summed E-state index contributed by atoms with van der Waals surface area (Å²) in [4.78, 5) is 9.30. The summed E-state index contributed by atoms with van der Waals surface area (Å²) in [5.41, 5.74) is 0.979. The molecular formula is C15H16N4O2S. The van der Waals surface area contributed by atoms with Crippen LogP contribution in [0.5, 0.6) is 0 Å². The Kier molecular flexibility index (Phi) is 3.61. The first kappa shape index (κ1) is 13.8. The zero-order valence-electron chi connectivity index (χ0n) is 12.2. The number of fused-ring (bicyclic) bond motifs is 1. The Morgan fingerprint density at radius 2 is 2.27 bits per heavy atom. The number of hydrogen-bond donors (Lipinski definition) is 0. The number of para-hydroxylation sites is 1. The van der Waals surface area contributed by atoms with Crippen molar-refractivity contribution in [2.24, 2.45) is 0 Å². The summed E-state index contributed by atoms with van der Waals surface area (Å²) in [7, 11) is 1.66. The molecule has 1 unspecified atom stereocenters. The van der Waals surface area contributed by atoms with Crippen LogP contribution < -0.4 is 0 Å². The lowest BCUT2D eigenvalue weighted by Crippen LogP contribution is -2.04. The standard InChI is InChI=1S/C15H16N4O2S/c1-20-9-13-17-14(10-6-7-21-8-10)18-19(13)15-16-11-4-2-3-5-12(11)22-15/h2-5,10H,6-9H2,1H3. The van der Waals surface area contributed by atoms with Gasteiger partial charge in [0.25, 0.3) is 0 Å². The van der Waals surface area contributed by atoms with Crippen LogP contribution in [0.2, 0.25) is 0 Å². The lowest BCUT2D eigenvalue weighted by atomic mass is 10.1. The zero-order valence-corrected chi connectivity index (χ0v) is 13.0. The highest BCUT2D eigenvalue weighted by Crippen LogP contribution is 2.27. The molecule has 3 heterocycles. The second-order valence-corrected chi connectivity index (χ2v) is 6.26. The molecule has 0 aliphatic carbocycles. The van der Waals surface area contributed by atoms with Gasteiger partial charge in [0.15, 0.2) is 11.6 Å². The van der Waals surface area contributed by atoms with E-state index in [1.165, 1.54) is 0 Å². The van der Waals surface area contributed by atoms with E-state index in [0.717, 1.165) is 40.0 Å². The second kappa shape index (κ2) is 5.75. The van der Waals surface area contributed by atoms with Crippen LogP contribution in [0.4, 0.5) is 0 Å². The van der Waals surface area contributed by atoms with Gasteiger partial charge in [-0.05, 0) is 18.6 Å². The van der Waals surface area contributed by atoms with Crippen molar-refractivity contribution in [3.63, 3.8) is 0 Å². The number of benzene rings is 1. The summed E-state index contributed by atoms with van der Waals surface area (Å²) in [5.74, 6) is 1.87. The van der Waals surface area contributed by atoms with Gasteiger partial charge in [0, 0.05) is 19.6 Å². The molecule has 1 aliphatic rings. The fourth-order valence-electron chi connectivity index (χ4n) is 2.60. The Balaban J connectivity index is 1.78. The molecule has 4 rings (SSSR count). The molecule has 7 heteroatoms. The van der Waals surface area contributed by atoms with Crippen LogP contribution in [0.15, 0.2) is 24.3 Å². The molecule has 3 aromatic rings. The maximum Gasteiger partial charge on any atom is 0.213 e. The number of ether oxygens (including phenoxy) is 2. The minimum Gasteiger partial charge on any atom is -0.381 e. The predicted molar refractivity (Wildman–Crippen MR) is 83.4 cm³/mol. The third kappa shape index (κ3) is 2.41. The van der Waals surface area contributed by atoms with E-state index in [-0.39, 0.29) is 5.92 Å². The van der Waals surface area contributed by atoms with Gasteiger partial charge in [-0.1, -0.05) is 23.5 Å². The monoisotopic (exact) mass is 316 g/mol. The molecule has 6 nitrogen and oxygen atoms in total. The quantitative estimate of drug-likeness (QED) is 0.740. The first-order valence-electron chi connectivity index (χ1n) is 7.23. The topological polar surface area (TPSA) is 62.1 Å². The summed E-state index contributed by atoms with van der Waals surface area (Å²) >= 11 is 1.61. The molecule has 22 heavy (non-hydrogen) atoms. The van der Waals surface area contributed by atoms with Crippen molar-refractivity contribution in [3.8, 4) is 5.13 Å². The summed E-state index contributed by atoms with van der Waals surface area (Å²) in [6.07, 6.45) is 0.969. The molecule has 2 aromatic heterocycles. The highest BCUT2D eigenvalue weighted by atomic mass is 32.1. The Hall–Kier alpha value is -1.83. The molecule has 0 radical (unpaired) electrons. The number of rotatable bonds is 4.